The molecule has 0 atom stereocenters. The topological polar surface area (TPSA) is 23.6 Å². The highest BCUT2D eigenvalue weighted by atomic mass is 32.1. The number of nitrogens with zero attached hydrogens (tertiary/aromatic N) is 2. The lowest BCUT2D eigenvalue weighted by Crippen LogP contribution is -2.49. The van der Waals surface area contributed by atoms with Gasteiger partial charge in [0.15, 0.2) is 0 Å². The summed E-state index contributed by atoms with van der Waals surface area (Å²) in [7, 11) is 0. The van der Waals surface area contributed by atoms with Gasteiger partial charge >= 0.3 is 0 Å². The van der Waals surface area contributed by atoms with E-state index in [2.05, 4.69) is 78.2 Å². The van der Waals surface area contributed by atoms with Gasteiger partial charge in [-0.2, -0.15) is 12.6 Å². The van der Waals surface area contributed by atoms with Gasteiger partial charge in [-0.1, -0.05) is 60.7 Å². The van der Waals surface area contributed by atoms with Crippen LogP contribution in [-0.2, 0) is 4.79 Å². The molecule has 0 radical (unpaired) electrons. The Morgan fingerprint density at radius 3 is 1.83 bits per heavy atom. The van der Waals surface area contributed by atoms with E-state index in [-0.39, 0.29) is 11.9 Å². The second-order valence-corrected chi connectivity index (χ2v) is 6.56. The van der Waals surface area contributed by atoms with E-state index < -0.39 is 0 Å². The Labute approximate surface area is 149 Å². The van der Waals surface area contributed by atoms with Gasteiger partial charge in [0.2, 0.25) is 5.91 Å². The van der Waals surface area contributed by atoms with Gasteiger partial charge in [0.05, 0.1) is 6.04 Å². The van der Waals surface area contributed by atoms with E-state index >= 15 is 0 Å². The summed E-state index contributed by atoms with van der Waals surface area (Å²) in [5.74, 6) is 0.844. The maximum Gasteiger partial charge on any atom is 0.223 e. The third kappa shape index (κ3) is 4.00. The predicted octanol–water partition coefficient (Wildman–Crippen LogP) is 3.24. The van der Waals surface area contributed by atoms with E-state index in [1.807, 2.05) is 4.90 Å². The van der Waals surface area contributed by atoms with Gasteiger partial charge in [0.1, 0.15) is 0 Å². The summed E-state index contributed by atoms with van der Waals surface area (Å²) in [4.78, 5) is 16.5. The van der Waals surface area contributed by atoms with Gasteiger partial charge < -0.3 is 4.90 Å². The molecule has 1 fully saturated rings. The fourth-order valence-corrected chi connectivity index (χ4v) is 3.56. The van der Waals surface area contributed by atoms with E-state index in [0.29, 0.717) is 12.2 Å². The van der Waals surface area contributed by atoms with Crippen LogP contribution in [0.15, 0.2) is 60.7 Å². The van der Waals surface area contributed by atoms with Crippen LogP contribution >= 0.6 is 12.6 Å². The number of benzene rings is 2. The molecule has 3 nitrogen and oxygen atoms in total. The van der Waals surface area contributed by atoms with E-state index in [9.17, 15) is 4.79 Å². The van der Waals surface area contributed by atoms with Gasteiger partial charge in [-0.3, -0.25) is 9.69 Å². The largest absolute Gasteiger partial charge is 0.340 e. The van der Waals surface area contributed by atoms with Gasteiger partial charge in [-0.25, -0.2) is 0 Å². The Kier molecular flexibility index (Phi) is 5.94. The zero-order chi connectivity index (χ0) is 16.8. The number of hydrogen-bond acceptors (Lipinski definition) is 3. The molecule has 24 heavy (non-hydrogen) atoms. The third-order valence-electron chi connectivity index (χ3n) is 4.59. The van der Waals surface area contributed by atoms with Gasteiger partial charge in [-0.15, -0.1) is 0 Å². The molecule has 126 valence electrons. The molecular weight excluding hydrogens is 316 g/mol. The van der Waals surface area contributed by atoms with Crippen molar-refractivity contribution in [3.8, 4) is 0 Å². The molecule has 1 amide bonds. The minimum Gasteiger partial charge on any atom is -0.340 e. The first-order chi connectivity index (χ1) is 11.8. The van der Waals surface area contributed by atoms with Crippen molar-refractivity contribution in [1.29, 1.82) is 0 Å². The van der Waals surface area contributed by atoms with E-state index in [1.165, 1.54) is 11.1 Å². The Bertz CT molecular complexity index is 600. The Morgan fingerprint density at radius 1 is 0.875 bits per heavy atom. The van der Waals surface area contributed by atoms with Gasteiger partial charge in [-0.05, 0) is 16.9 Å². The van der Waals surface area contributed by atoms with Crippen LogP contribution in [0.1, 0.15) is 23.6 Å². The van der Waals surface area contributed by atoms with Crippen LogP contribution in [0.5, 0.6) is 0 Å². The molecule has 0 aliphatic carbocycles. The summed E-state index contributed by atoms with van der Waals surface area (Å²) in [6.07, 6.45) is 0.532. The Balaban J connectivity index is 1.77. The number of piperazine rings is 1. The Morgan fingerprint density at radius 2 is 1.38 bits per heavy atom. The molecule has 0 spiro atoms. The molecule has 1 aliphatic heterocycles. The van der Waals surface area contributed by atoms with Gasteiger partial charge in [0, 0.05) is 32.6 Å². The maximum absolute atomic E-state index is 12.1. The number of rotatable bonds is 5. The fraction of sp³-hybridized carbons (Fsp3) is 0.350. The highest BCUT2D eigenvalue weighted by Crippen LogP contribution is 2.29. The fourth-order valence-electron chi connectivity index (χ4n) is 3.37. The van der Waals surface area contributed by atoms with Gasteiger partial charge in [0.25, 0.3) is 0 Å². The summed E-state index contributed by atoms with van der Waals surface area (Å²) in [6.45, 7) is 3.38. The maximum atomic E-state index is 12.1. The highest BCUT2D eigenvalue weighted by Gasteiger charge is 2.27. The van der Waals surface area contributed by atoms with Crippen LogP contribution in [0.2, 0.25) is 0 Å². The average Bonchev–Trinajstić information content (AvgIpc) is 2.64. The summed E-state index contributed by atoms with van der Waals surface area (Å²) in [6, 6.07) is 21.5. The summed E-state index contributed by atoms with van der Waals surface area (Å²) < 4.78 is 0. The van der Waals surface area contributed by atoms with Crippen molar-refractivity contribution in [3.63, 3.8) is 0 Å². The van der Waals surface area contributed by atoms with Crippen LogP contribution in [0, 0.1) is 0 Å². The summed E-state index contributed by atoms with van der Waals surface area (Å²) in [5, 5.41) is 0. The molecule has 0 aromatic heterocycles. The molecule has 1 heterocycles. The molecule has 2 aromatic rings. The first-order valence-electron chi connectivity index (χ1n) is 8.52. The quantitative estimate of drug-likeness (QED) is 0.845. The van der Waals surface area contributed by atoms with E-state index in [1.54, 1.807) is 0 Å². The zero-order valence-electron chi connectivity index (χ0n) is 13.8. The lowest BCUT2D eigenvalue weighted by atomic mass is 9.96. The monoisotopic (exact) mass is 340 g/mol. The van der Waals surface area contributed by atoms with Crippen molar-refractivity contribution >= 4 is 18.5 Å². The molecule has 0 bridgehead atoms. The smallest absolute Gasteiger partial charge is 0.223 e. The molecule has 4 heteroatoms. The number of amides is 1. The van der Waals surface area contributed by atoms with Crippen LogP contribution < -0.4 is 0 Å². The average molecular weight is 340 g/mol. The number of hydrogen-bond donors (Lipinski definition) is 1. The second-order valence-electron chi connectivity index (χ2n) is 6.11. The molecule has 1 saturated heterocycles. The lowest BCUT2D eigenvalue weighted by Gasteiger charge is -2.39. The zero-order valence-corrected chi connectivity index (χ0v) is 14.7. The molecule has 3 rings (SSSR count). The molecule has 1 aliphatic rings. The second kappa shape index (κ2) is 8.36. The first-order valence-corrected chi connectivity index (χ1v) is 9.15. The van der Waals surface area contributed by atoms with Crippen LogP contribution in [0.25, 0.3) is 0 Å². The van der Waals surface area contributed by atoms with Crippen molar-refractivity contribution in [3.05, 3.63) is 71.8 Å². The highest BCUT2D eigenvalue weighted by molar-refractivity contribution is 7.80. The van der Waals surface area contributed by atoms with E-state index in [0.717, 1.165) is 26.2 Å². The predicted molar refractivity (Wildman–Crippen MR) is 101 cm³/mol. The summed E-state index contributed by atoms with van der Waals surface area (Å²) >= 11 is 4.17. The van der Waals surface area contributed by atoms with Crippen molar-refractivity contribution in [2.75, 3.05) is 31.9 Å². The van der Waals surface area contributed by atoms with E-state index in [4.69, 9.17) is 0 Å². The van der Waals surface area contributed by atoms with Crippen molar-refractivity contribution in [1.82, 2.24) is 9.80 Å². The normalized spacial score (nSPS) is 15.7. The number of thiol groups is 1. The molecule has 0 unspecified atom stereocenters. The standard InChI is InChI=1S/C20H24N2OS/c23-19(11-16-24)21-12-14-22(15-13-21)20(17-7-3-1-4-8-17)18-9-5-2-6-10-18/h1-10,20,24H,11-16H2. The number of carbonyl (C=O) groups excluding carboxylic acids is 1. The van der Waals surface area contributed by atoms with Crippen molar-refractivity contribution in [2.45, 2.75) is 12.5 Å². The van der Waals surface area contributed by atoms with Crippen molar-refractivity contribution < 1.29 is 4.79 Å². The lowest BCUT2D eigenvalue weighted by molar-refractivity contribution is -0.132. The third-order valence-corrected chi connectivity index (χ3v) is 4.81. The molecular formula is C20H24N2OS. The van der Waals surface area contributed by atoms with Crippen LogP contribution in [-0.4, -0.2) is 47.6 Å². The van der Waals surface area contributed by atoms with Crippen LogP contribution in [0.4, 0.5) is 0 Å². The molecule has 0 saturated carbocycles. The SMILES string of the molecule is O=C(CCS)N1CCN(C(c2ccccc2)c2ccccc2)CC1. The van der Waals surface area contributed by atoms with Crippen LogP contribution in [0.3, 0.4) is 0 Å². The Hall–Kier alpha value is -1.78. The summed E-state index contributed by atoms with van der Waals surface area (Å²) in [5.41, 5.74) is 2.61. The number of carbonyl (C=O) groups is 1. The molecule has 2 aromatic carbocycles. The molecule has 0 N–H and O–H groups in total. The first kappa shape index (κ1) is 17.1. The minimum atomic E-state index is 0.223. The minimum absolute atomic E-state index is 0.223. The van der Waals surface area contributed by atoms with Crippen molar-refractivity contribution in [2.24, 2.45) is 0 Å².